The topological polar surface area (TPSA) is 40.0 Å². The van der Waals surface area contributed by atoms with Gasteiger partial charge in [-0.15, -0.1) is 0 Å². The summed E-state index contributed by atoms with van der Waals surface area (Å²) in [5, 5.41) is 0. The van der Waals surface area contributed by atoms with Crippen LogP contribution >= 0.6 is 0 Å². The lowest BCUT2D eigenvalue weighted by Crippen LogP contribution is -1.96. The largest absolute Gasteiger partial charge is 0.493 e. The Kier molecular flexibility index (Phi) is 3.91. The van der Waals surface area contributed by atoms with E-state index in [1.165, 1.54) is 12.3 Å². The molecule has 0 N–H and O–H groups in total. The van der Waals surface area contributed by atoms with Crippen LogP contribution in [-0.2, 0) is 0 Å². The van der Waals surface area contributed by atoms with Crippen molar-refractivity contribution in [1.29, 1.82) is 0 Å². The van der Waals surface area contributed by atoms with Crippen molar-refractivity contribution < 1.29 is 23.0 Å². The standard InChI is InChI=1S/C16H13F2NO3/c1-2-20-14-7-16-15(21-9-22-16)5-10(14)8-19-13-4-3-11(17)6-12(13)18/h3-8H,2,9H2,1H3. The Morgan fingerprint density at radius 1 is 1.18 bits per heavy atom. The molecule has 0 saturated carbocycles. The molecule has 2 aromatic carbocycles. The quantitative estimate of drug-likeness (QED) is 0.806. The SMILES string of the molecule is CCOc1cc2c(cc1C=Nc1ccc(F)cc1F)OCO2. The highest BCUT2D eigenvalue weighted by Crippen LogP contribution is 2.37. The number of nitrogens with zero attached hydrogens (tertiary/aromatic N) is 1. The van der Waals surface area contributed by atoms with Crippen LogP contribution in [0.3, 0.4) is 0 Å². The molecule has 22 heavy (non-hydrogen) atoms. The van der Waals surface area contributed by atoms with Crippen molar-refractivity contribution in [2.75, 3.05) is 13.4 Å². The smallest absolute Gasteiger partial charge is 0.231 e. The average Bonchev–Trinajstić information content (AvgIpc) is 2.93. The van der Waals surface area contributed by atoms with Crippen LogP contribution in [0.5, 0.6) is 17.2 Å². The molecular weight excluding hydrogens is 292 g/mol. The van der Waals surface area contributed by atoms with Crippen LogP contribution in [0.1, 0.15) is 12.5 Å². The van der Waals surface area contributed by atoms with Crippen molar-refractivity contribution in [2.45, 2.75) is 6.92 Å². The van der Waals surface area contributed by atoms with E-state index in [-0.39, 0.29) is 12.5 Å². The van der Waals surface area contributed by atoms with E-state index in [0.717, 1.165) is 12.1 Å². The summed E-state index contributed by atoms with van der Waals surface area (Å²) in [7, 11) is 0. The predicted octanol–water partition coefficient (Wildman–Crippen LogP) is 3.84. The molecule has 0 fully saturated rings. The van der Waals surface area contributed by atoms with E-state index in [9.17, 15) is 8.78 Å². The van der Waals surface area contributed by atoms with Crippen LogP contribution in [0.25, 0.3) is 0 Å². The normalized spacial score (nSPS) is 12.9. The Labute approximate surface area is 126 Å². The molecular formula is C16H13F2NO3. The molecule has 4 nitrogen and oxygen atoms in total. The summed E-state index contributed by atoms with van der Waals surface area (Å²) in [6.45, 7) is 2.46. The third kappa shape index (κ3) is 2.86. The maximum Gasteiger partial charge on any atom is 0.231 e. The third-order valence-electron chi connectivity index (χ3n) is 3.06. The zero-order chi connectivity index (χ0) is 15.5. The molecule has 6 heteroatoms. The minimum atomic E-state index is -0.727. The van der Waals surface area contributed by atoms with Crippen molar-refractivity contribution in [3.05, 3.63) is 47.5 Å². The lowest BCUT2D eigenvalue weighted by atomic mass is 10.2. The fourth-order valence-electron chi connectivity index (χ4n) is 2.05. The Morgan fingerprint density at radius 3 is 2.68 bits per heavy atom. The summed E-state index contributed by atoms with van der Waals surface area (Å²) in [6, 6.07) is 6.62. The summed E-state index contributed by atoms with van der Waals surface area (Å²) >= 11 is 0. The molecule has 0 unspecified atom stereocenters. The first-order valence-corrected chi connectivity index (χ1v) is 6.73. The van der Waals surface area contributed by atoms with Gasteiger partial charge in [0.15, 0.2) is 17.3 Å². The summed E-state index contributed by atoms with van der Waals surface area (Å²) in [5.41, 5.74) is 0.663. The van der Waals surface area contributed by atoms with Gasteiger partial charge < -0.3 is 14.2 Å². The van der Waals surface area contributed by atoms with Crippen LogP contribution in [0.2, 0.25) is 0 Å². The van der Waals surface area contributed by atoms with Gasteiger partial charge in [-0.05, 0) is 25.1 Å². The molecule has 3 rings (SSSR count). The second-order valence-electron chi connectivity index (χ2n) is 4.53. The lowest BCUT2D eigenvalue weighted by Gasteiger charge is -2.08. The lowest BCUT2D eigenvalue weighted by molar-refractivity contribution is 0.174. The number of hydrogen-bond donors (Lipinski definition) is 0. The number of ether oxygens (including phenoxy) is 3. The number of halogens is 2. The monoisotopic (exact) mass is 305 g/mol. The molecule has 1 heterocycles. The number of rotatable bonds is 4. The van der Waals surface area contributed by atoms with Crippen molar-refractivity contribution >= 4 is 11.9 Å². The van der Waals surface area contributed by atoms with E-state index in [1.54, 1.807) is 12.1 Å². The summed E-state index contributed by atoms with van der Waals surface area (Å²) in [5.74, 6) is 0.348. The molecule has 1 aliphatic rings. The number of aliphatic imine (C=N–C) groups is 1. The van der Waals surface area contributed by atoms with Crippen molar-refractivity contribution in [2.24, 2.45) is 4.99 Å². The van der Waals surface area contributed by atoms with E-state index in [4.69, 9.17) is 14.2 Å². The second kappa shape index (κ2) is 6.01. The zero-order valence-electron chi connectivity index (χ0n) is 11.8. The fourth-order valence-corrected chi connectivity index (χ4v) is 2.05. The summed E-state index contributed by atoms with van der Waals surface area (Å²) in [4.78, 5) is 4.04. The van der Waals surface area contributed by atoms with Crippen LogP contribution in [0.15, 0.2) is 35.3 Å². The van der Waals surface area contributed by atoms with Crippen molar-refractivity contribution in [3.63, 3.8) is 0 Å². The molecule has 0 aliphatic carbocycles. The maximum absolute atomic E-state index is 13.6. The molecule has 0 radical (unpaired) electrons. The molecule has 114 valence electrons. The Balaban J connectivity index is 1.95. The number of benzene rings is 2. The van der Waals surface area contributed by atoms with Gasteiger partial charge >= 0.3 is 0 Å². The minimum absolute atomic E-state index is 0.0431. The molecule has 0 spiro atoms. The highest BCUT2D eigenvalue weighted by Gasteiger charge is 2.17. The molecule has 0 bridgehead atoms. The number of fused-ring (bicyclic) bond motifs is 1. The van der Waals surface area contributed by atoms with Gasteiger partial charge in [0, 0.05) is 23.9 Å². The fraction of sp³-hybridized carbons (Fsp3) is 0.188. The van der Waals surface area contributed by atoms with Crippen LogP contribution in [-0.4, -0.2) is 19.6 Å². The molecule has 0 aromatic heterocycles. The van der Waals surface area contributed by atoms with E-state index in [2.05, 4.69) is 4.99 Å². The van der Waals surface area contributed by atoms with Gasteiger partial charge in [0.05, 0.1) is 12.3 Å². The summed E-state index contributed by atoms with van der Waals surface area (Å²) in [6.07, 6.45) is 1.45. The average molecular weight is 305 g/mol. The second-order valence-corrected chi connectivity index (χ2v) is 4.53. The highest BCUT2D eigenvalue weighted by atomic mass is 19.1. The minimum Gasteiger partial charge on any atom is -0.493 e. The van der Waals surface area contributed by atoms with Crippen LogP contribution in [0, 0.1) is 11.6 Å². The first kappa shape index (κ1) is 14.3. The first-order valence-electron chi connectivity index (χ1n) is 6.73. The van der Waals surface area contributed by atoms with Gasteiger partial charge in [-0.1, -0.05) is 0 Å². The predicted molar refractivity (Wildman–Crippen MR) is 77.3 cm³/mol. The molecule has 0 atom stereocenters. The molecule has 0 saturated heterocycles. The number of hydrogen-bond acceptors (Lipinski definition) is 4. The maximum atomic E-state index is 13.6. The Hall–Kier alpha value is -2.63. The van der Waals surface area contributed by atoms with Gasteiger partial charge in [-0.25, -0.2) is 8.78 Å². The van der Waals surface area contributed by atoms with Crippen molar-refractivity contribution in [3.8, 4) is 17.2 Å². The van der Waals surface area contributed by atoms with Gasteiger partial charge in [0.2, 0.25) is 6.79 Å². The van der Waals surface area contributed by atoms with E-state index in [1.807, 2.05) is 6.92 Å². The van der Waals surface area contributed by atoms with E-state index in [0.29, 0.717) is 29.4 Å². The van der Waals surface area contributed by atoms with E-state index >= 15 is 0 Å². The van der Waals surface area contributed by atoms with Crippen molar-refractivity contribution in [1.82, 2.24) is 0 Å². The van der Waals surface area contributed by atoms with Gasteiger partial charge in [-0.2, -0.15) is 0 Å². The van der Waals surface area contributed by atoms with Gasteiger partial charge in [0.25, 0.3) is 0 Å². The van der Waals surface area contributed by atoms with E-state index < -0.39 is 11.6 Å². The first-order chi connectivity index (χ1) is 10.7. The van der Waals surface area contributed by atoms with Crippen LogP contribution in [0.4, 0.5) is 14.5 Å². The summed E-state index contributed by atoms with van der Waals surface area (Å²) < 4.78 is 42.6. The molecule has 0 amide bonds. The zero-order valence-corrected chi connectivity index (χ0v) is 11.8. The van der Waals surface area contributed by atoms with Crippen LogP contribution < -0.4 is 14.2 Å². The molecule has 2 aromatic rings. The molecule has 1 aliphatic heterocycles. The Bertz CT molecular complexity index is 732. The van der Waals surface area contributed by atoms with Gasteiger partial charge in [0.1, 0.15) is 11.6 Å². The van der Waals surface area contributed by atoms with Gasteiger partial charge in [-0.3, -0.25) is 4.99 Å². The third-order valence-corrected chi connectivity index (χ3v) is 3.06. The Morgan fingerprint density at radius 2 is 1.95 bits per heavy atom. The highest BCUT2D eigenvalue weighted by molar-refractivity contribution is 5.87.